The highest BCUT2D eigenvalue weighted by Gasteiger charge is 2.20. The van der Waals surface area contributed by atoms with Crippen molar-refractivity contribution >= 4 is 23.3 Å². The first-order valence-electron chi connectivity index (χ1n) is 8.32. The molecule has 0 heterocycles. The second-order valence-electron chi connectivity index (χ2n) is 5.74. The van der Waals surface area contributed by atoms with Crippen molar-refractivity contribution in [2.45, 2.75) is 12.5 Å². The Morgan fingerprint density at radius 1 is 1.04 bits per heavy atom. The average molecular weight is 371 g/mol. The van der Waals surface area contributed by atoms with Crippen molar-refractivity contribution in [1.29, 1.82) is 0 Å². The number of rotatable bonds is 9. The second-order valence-corrected chi connectivity index (χ2v) is 5.74. The molecule has 2 aromatic carbocycles. The number of para-hydroxylation sites is 2. The zero-order chi connectivity index (χ0) is 19.6. The number of nitro benzene ring substituents is 1. The maximum absolute atomic E-state index is 12.4. The molecule has 9 nitrogen and oxygen atoms in total. The van der Waals surface area contributed by atoms with Gasteiger partial charge in [-0.15, -0.1) is 0 Å². The number of amides is 3. The van der Waals surface area contributed by atoms with Crippen molar-refractivity contribution < 1.29 is 14.5 Å². The van der Waals surface area contributed by atoms with E-state index in [-0.39, 0.29) is 24.7 Å². The Kier molecular flexibility index (Phi) is 7.12. The number of hydrogen-bond donors (Lipinski definition) is 4. The third-order valence-electron chi connectivity index (χ3n) is 3.76. The summed E-state index contributed by atoms with van der Waals surface area (Å²) in [6, 6.07) is 13.9. The maximum Gasteiger partial charge on any atom is 0.312 e. The largest absolute Gasteiger partial charge is 0.378 e. The number of nitrogens with one attached hydrogen (secondary N) is 3. The normalized spacial score (nSPS) is 11.3. The van der Waals surface area contributed by atoms with Gasteiger partial charge in [-0.05, 0) is 11.6 Å². The third kappa shape index (κ3) is 6.31. The van der Waals surface area contributed by atoms with E-state index in [9.17, 15) is 19.7 Å². The van der Waals surface area contributed by atoms with Crippen molar-refractivity contribution in [3.63, 3.8) is 0 Å². The summed E-state index contributed by atoms with van der Waals surface area (Å²) in [5, 5.41) is 19.0. The average Bonchev–Trinajstić information content (AvgIpc) is 2.65. The molecule has 0 radical (unpaired) electrons. The van der Waals surface area contributed by atoms with Crippen molar-refractivity contribution in [2.75, 3.05) is 18.4 Å². The smallest absolute Gasteiger partial charge is 0.312 e. The first-order chi connectivity index (χ1) is 13.0. The highest BCUT2D eigenvalue weighted by molar-refractivity contribution is 5.86. The fraction of sp³-hybridized carbons (Fsp3) is 0.222. The maximum atomic E-state index is 12.4. The van der Waals surface area contributed by atoms with Gasteiger partial charge < -0.3 is 21.7 Å². The van der Waals surface area contributed by atoms with E-state index in [1.54, 1.807) is 18.2 Å². The van der Waals surface area contributed by atoms with Gasteiger partial charge in [-0.25, -0.2) is 4.79 Å². The Labute approximate surface area is 156 Å². The predicted octanol–water partition coefficient (Wildman–Crippen LogP) is 1.40. The van der Waals surface area contributed by atoms with Gasteiger partial charge in [0.1, 0.15) is 11.7 Å². The number of hydrogen-bond acceptors (Lipinski definition) is 5. The SMILES string of the molecule is NC(=O)NC(Cc1ccccc1)C(=O)NCCNc1ccccc1[N+](=O)[O-]. The van der Waals surface area contributed by atoms with Crippen molar-refractivity contribution in [2.24, 2.45) is 5.73 Å². The lowest BCUT2D eigenvalue weighted by molar-refractivity contribution is -0.384. The van der Waals surface area contributed by atoms with E-state index in [1.807, 2.05) is 30.3 Å². The van der Waals surface area contributed by atoms with E-state index >= 15 is 0 Å². The van der Waals surface area contributed by atoms with E-state index in [4.69, 9.17) is 5.73 Å². The molecule has 0 aliphatic heterocycles. The van der Waals surface area contributed by atoms with Gasteiger partial charge in [-0.3, -0.25) is 14.9 Å². The van der Waals surface area contributed by atoms with Gasteiger partial charge in [-0.1, -0.05) is 42.5 Å². The Balaban J connectivity index is 1.88. The first kappa shape index (κ1) is 19.7. The third-order valence-corrected chi connectivity index (χ3v) is 3.76. The minimum absolute atomic E-state index is 0.0406. The number of nitro groups is 1. The Morgan fingerprint density at radius 3 is 2.37 bits per heavy atom. The second kappa shape index (κ2) is 9.76. The highest BCUT2D eigenvalue weighted by Crippen LogP contribution is 2.22. The van der Waals surface area contributed by atoms with Crippen LogP contribution in [0.2, 0.25) is 0 Å². The van der Waals surface area contributed by atoms with Crippen LogP contribution in [0.25, 0.3) is 0 Å². The molecule has 0 aliphatic rings. The zero-order valence-corrected chi connectivity index (χ0v) is 14.6. The van der Waals surface area contributed by atoms with Gasteiger partial charge in [0.15, 0.2) is 0 Å². The molecule has 1 unspecified atom stereocenters. The molecule has 142 valence electrons. The van der Waals surface area contributed by atoms with Gasteiger partial charge in [0.25, 0.3) is 5.69 Å². The number of urea groups is 1. The summed E-state index contributed by atoms with van der Waals surface area (Å²) in [6.45, 7) is 0.502. The zero-order valence-electron chi connectivity index (χ0n) is 14.6. The molecule has 0 bridgehead atoms. The monoisotopic (exact) mass is 371 g/mol. The Bertz CT molecular complexity index is 797. The van der Waals surface area contributed by atoms with Crippen LogP contribution in [0.5, 0.6) is 0 Å². The van der Waals surface area contributed by atoms with Crippen LogP contribution >= 0.6 is 0 Å². The van der Waals surface area contributed by atoms with Gasteiger partial charge in [-0.2, -0.15) is 0 Å². The molecule has 0 spiro atoms. The van der Waals surface area contributed by atoms with Crippen LogP contribution in [0.3, 0.4) is 0 Å². The molecule has 0 aliphatic carbocycles. The molecule has 0 saturated heterocycles. The Morgan fingerprint density at radius 2 is 1.70 bits per heavy atom. The fourth-order valence-corrected chi connectivity index (χ4v) is 2.52. The molecule has 27 heavy (non-hydrogen) atoms. The standard InChI is InChI=1S/C18H21N5O4/c19-18(25)22-15(12-13-6-2-1-3-7-13)17(24)21-11-10-20-14-8-4-5-9-16(14)23(26)27/h1-9,15,20H,10-12H2,(H,21,24)(H3,19,22,25). The lowest BCUT2D eigenvalue weighted by atomic mass is 10.1. The molecular weight excluding hydrogens is 350 g/mol. The fourth-order valence-electron chi connectivity index (χ4n) is 2.52. The van der Waals surface area contributed by atoms with Crippen LogP contribution in [0, 0.1) is 10.1 Å². The molecule has 2 rings (SSSR count). The van der Waals surface area contributed by atoms with Gasteiger partial charge in [0.2, 0.25) is 5.91 Å². The topological polar surface area (TPSA) is 139 Å². The van der Waals surface area contributed by atoms with Crippen LogP contribution in [0.1, 0.15) is 5.56 Å². The van der Waals surface area contributed by atoms with Crippen molar-refractivity contribution in [1.82, 2.24) is 10.6 Å². The number of nitrogens with two attached hydrogens (primary N) is 1. The van der Waals surface area contributed by atoms with Crippen LogP contribution in [0.4, 0.5) is 16.2 Å². The lowest BCUT2D eigenvalue weighted by Crippen LogP contribution is -2.50. The predicted molar refractivity (Wildman–Crippen MR) is 101 cm³/mol. The summed E-state index contributed by atoms with van der Waals surface area (Å²) in [7, 11) is 0. The quantitative estimate of drug-likeness (QED) is 0.300. The van der Waals surface area contributed by atoms with Gasteiger partial charge in [0.05, 0.1) is 4.92 Å². The molecule has 1 atom stereocenters. The van der Waals surface area contributed by atoms with Crippen LogP contribution in [-0.4, -0.2) is 36.0 Å². The Hall–Kier alpha value is -3.62. The van der Waals surface area contributed by atoms with Crippen molar-refractivity contribution in [3.8, 4) is 0 Å². The van der Waals surface area contributed by atoms with Gasteiger partial charge >= 0.3 is 6.03 Å². The molecule has 0 saturated carbocycles. The van der Waals surface area contributed by atoms with Crippen LogP contribution in [-0.2, 0) is 11.2 Å². The number of primary amides is 1. The van der Waals surface area contributed by atoms with Crippen LogP contribution in [0.15, 0.2) is 54.6 Å². The number of benzene rings is 2. The minimum atomic E-state index is -0.809. The number of nitrogens with zero attached hydrogens (tertiary/aromatic N) is 1. The summed E-state index contributed by atoms with van der Waals surface area (Å²) >= 11 is 0. The first-order valence-corrected chi connectivity index (χ1v) is 8.32. The molecule has 3 amide bonds. The summed E-state index contributed by atoms with van der Waals surface area (Å²) < 4.78 is 0. The minimum Gasteiger partial charge on any atom is -0.378 e. The molecule has 0 fully saturated rings. The summed E-state index contributed by atoms with van der Waals surface area (Å²) in [5.41, 5.74) is 6.36. The number of carbonyl (C=O) groups excluding carboxylic acids is 2. The van der Waals surface area contributed by atoms with E-state index in [0.29, 0.717) is 12.1 Å². The molecule has 0 aromatic heterocycles. The highest BCUT2D eigenvalue weighted by atomic mass is 16.6. The molecular formula is C18H21N5O4. The summed E-state index contributed by atoms with van der Waals surface area (Å²) in [6.07, 6.45) is 0.299. The van der Waals surface area contributed by atoms with Crippen molar-refractivity contribution in [3.05, 3.63) is 70.3 Å². The van der Waals surface area contributed by atoms with E-state index in [1.165, 1.54) is 6.07 Å². The van der Waals surface area contributed by atoms with Gasteiger partial charge in [0, 0.05) is 25.6 Å². The van der Waals surface area contributed by atoms with E-state index < -0.39 is 17.0 Å². The van der Waals surface area contributed by atoms with Crippen LogP contribution < -0.4 is 21.7 Å². The van der Waals surface area contributed by atoms with E-state index in [0.717, 1.165) is 5.56 Å². The summed E-state index contributed by atoms with van der Waals surface area (Å²) in [5.74, 6) is -0.387. The summed E-state index contributed by atoms with van der Waals surface area (Å²) in [4.78, 5) is 34.0. The molecule has 5 N–H and O–H groups in total. The molecule has 2 aromatic rings. The molecule has 9 heteroatoms. The lowest BCUT2D eigenvalue weighted by Gasteiger charge is -2.17. The number of carbonyl (C=O) groups is 2. The van der Waals surface area contributed by atoms with E-state index in [2.05, 4.69) is 16.0 Å². The number of anilines is 1.